The summed E-state index contributed by atoms with van der Waals surface area (Å²) in [4.78, 5) is 14.7. The van der Waals surface area contributed by atoms with Gasteiger partial charge in [-0.15, -0.1) is 0 Å². The first-order valence-electron chi connectivity index (χ1n) is 7.35. The third kappa shape index (κ3) is 2.69. The molecule has 1 N–H and O–H groups in total. The number of carbonyl (C=O) groups excluding carboxylic acids is 1. The molecule has 2 atom stereocenters. The van der Waals surface area contributed by atoms with E-state index in [-0.39, 0.29) is 11.3 Å². The van der Waals surface area contributed by atoms with Crippen molar-refractivity contribution in [2.75, 3.05) is 18.8 Å². The summed E-state index contributed by atoms with van der Waals surface area (Å²) in [6.45, 7) is 2.45. The van der Waals surface area contributed by atoms with Gasteiger partial charge in [-0.25, -0.2) is 0 Å². The maximum absolute atomic E-state index is 12.1. The molecule has 2 aliphatic heterocycles. The van der Waals surface area contributed by atoms with Gasteiger partial charge in [0.1, 0.15) is 0 Å². The van der Waals surface area contributed by atoms with Crippen LogP contribution in [0.25, 0.3) is 0 Å². The first-order valence-corrected chi connectivity index (χ1v) is 7.98. The van der Waals surface area contributed by atoms with Crippen LogP contribution in [0.2, 0.25) is 0 Å². The van der Waals surface area contributed by atoms with E-state index in [0.29, 0.717) is 12.5 Å². The van der Waals surface area contributed by atoms with Crippen molar-refractivity contribution in [3.63, 3.8) is 0 Å². The number of thiol groups is 1. The Bertz CT molecular complexity index is 330. The Morgan fingerprint density at radius 1 is 1.33 bits per heavy atom. The number of piperidine rings is 1. The topological polar surface area (TPSA) is 32.3 Å². The maximum atomic E-state index is 12.1. The highest BCUT2D eigenvalue weighted by atomic mass is 32.1. The van der Waals surface area contributed by atoms with E-state index in [1.54, 1.807) is 0 Å². The number of hydrogen-bond acceptors (Lipinski definition) is 3. The summed E-state index contributed by atoms with van der Waals surface area (Å²) < 4.78 is 0. The van der Waals surface area contributed by atoms with Gasteiger partial charge in [-0.1, -0.05) is 0 Å². The number of rotatable bonds is 4. The predicted molar refractivity (Wildman–Crippen MR) is 75.9 cm³/mol. The van der Waals surface area contributed by atoms with E-state index < -0.39 is 0 Å². The molecular formula is C14H24N2OS. The molecule has 2 unspecified atom stereocenters. The molecule has 0 aromatic rings. The zero-order valence-corrected chi connectivity index (χ0v) is 11.9. The second kappa shape index (κ2) is 5.04. The van der Waals surface area contributed by atoms with Gasteiger partial charge in [0.15, 0.2) is 0 Å². The Morgan fingerprint density at radius 2 is 2.17 bits per heavy atom. The van der Waals surface area contributed by atoms with Crippen molar-refractivity contribution >= 4 is 18.5 Å². The SMILES string of the molecule is O=C(CC1(CS)CC1)NC1CCN2CCCC2C1. The minimum Gasteiger partial charge on any atom is -0.353 e. The third-order valence-corrected chi connectivity index (χ3v) is 5.68. The normalized spacial score (nSPS) is 34.1. The van der Waals surface area contributed by atoms with Gasteiger partial charge in [0, 0.05) is 25.0 Å². The standard InChI is InChI=1S/C14H24N2OS/c17-13(9-14(10-18)4-5-14)15-11-3-7-16-6-1-2-12(16)8-11/h11-12,18H,1-10H2,(H,15,17). The summed E-state index contributed by atoms with van der Waals surface area (Å²) in [5, 5.41) is 3.26. The van der Waals surface area contributed by atoms with E-state index in [2.05, 4.69) is 22.8 Å². The van der Waals surface area contributed by atoms with E-state index in [1.165, 1.54) is 45.2 Å². The Balaban J connectivity index is 1.46. The van der Waals surface area contributed by atoms with Crippen molar-refractivity contribution in [3.8, 4) is 0 Å². The van der Waals surface area contributed by atoms with Crippen LogP contribution in [0.3, 0.4) is 0 Å². The molecule has 3 rings (SSSR count). The first-order chi connectivity index (χ1) is 8.71. The van der Waals surface area contributed by atoms with Crippen LogP contribution in [0.4, 0.5) is 0 Å². The lowest BCUT2D eigenvalue weighted by atomic mass is 9.96. The molecule has 18 heavy (non-hydrogen) atoms. The highest BCUT2D eigenvalue weighted by molar-refractivity contribution is 7.80. The van der Waals surface area contributed by atoms with Crippen LogP contribution >= 0.6 is 12.6 Å². The van der Waals surface area contributed by atoms with E-state index in [0.717, 1.165) is 18.2 Å². The fraction of sp³-hybridized carbons (Fsp3) is 0.929. The molecule has 3 nitrogen and oxygen atoms in total. The minimum atomic E-state index is 0.251. The van der Waals surface area contributed by atoms with Crippen LogP contribution in [-0.2, 0) is 4.79 Å². The van der Waals surface area contributed by atoms with Gasteiger partial charge in [0.2, 0.25) is 5.91 Å². The number of hydrogen-bond donors (Lipinski definition) is 2. The molecule has 2 saturated heterocycles. The Labute approximate surface area is 115 Å². The summed E-state index contributed by atoms with van der Waals surface area (Å²) in [7, 11) is 0. The van der Waals surface area contributed by atoms with E-state index in [4.69, 9.17) is 0 Å². The Hall–Kier alpha value is -0.220. The van der Waals surface area contributed by atoms with E-state index in [9.17, 15) is 4.79 Å². The molecule has 4 heteroatoms. The van der Waals surface area contributed by atoms with Gasteiger partial charge in [-0.2, -0.15) is 12.6 Å². The summed E-state index contributed by atoms with van der Waals surface area (Å²) in [5.74, 6) is 1.12. The molecule has 0 aromatic carbocycles. The first kappa shape index (κ1) is 12.8. The number of fused-ring (bicyclic) bond motifs is 1. The molecule has 1 amide bonds. The van der Waals surface area contributed by atoms with Crippen LogP contribution in [0.15, 0.2) is 0 Å². The lowest BCUT2D eigenvalue weighted by molar-refractivity contribution is -0.123. The molecule has 0 spiro atoms. The monoisotopic (exact) mass is 268 g/mol. The number of nitrogens with one attached hydrogen (secondary N) is 1. The average Bonchev–Trinajstić information content (AvgIpc) is 2.97. The molecule has 2 heterocycles. The maximum Gasteiger partial charge on any atom is 0.220 e. The molecule has 0 bridgehead atoms. The van der Waals surface area contributed by atoms with Gasteiger partial charge in [0.25, 0.3) is 0 Å². The molecule has 1 aliphatic carbocycles. The van der Waals surface area contributed by atoms with Gasteiger partial charge in [0.05, 0.1) is 0 Å². The largest absolute Gasteiger partial charge is 0.353 e. The Morgan fingerprint density at radius 3 is 2.89 bits per heavy atom. The predicted octanol–water partition coefficient (Wildman–Crippen LogP) is 1.83. The number of amides is 1. The summed E-state index contributed by atoms with van der Waals surface area (Å²) in [6, 6.07) is 1.16. The minimum absolute atomic E-state index is 0.251. The third-order valence-electron chi connectivity index (χ3n) is 5.01. The fourth-order valence-electron chi connectivity index (χ4n) is 3.54. The van der Waals surface area contributed by atoms with Crippen molar-refractivity contribution in [3.05, 3.63) is 0 Å². The van der Waals surface area contributed by atoms with Crippen LogP contribution in [0.5, 0.6) is 0 Å². The Kier molecular flexibility index (Phi) is 3.59. The molecule has 3 fully saturated rings. The smallest absolute Gasteiger partial charge is 0.220 e. The molecule has 102 valence electrons. The molecular weight excluding hydrogens is 244 g/mol. The quantitative estimate of drug-likeness (QED) is 0.763. The molecule has 0 aromatic heterocycles. The van der Waals surface area contributed by atoms with E-state index in [1.807, 2.05) is 0 Å². The van der Waals surface area contributed by atoms with Gasteiger partial charge in [-0.05, 0) is 56.2 Å². The second-order valence-corrected chi connectivity index (χ2v) is 6.77. The molecule has 3 aliphatic rings. The van der Waals surface area contributed by atoms with Gasteiger partial charge in [-0.3, -0.25) is 4.79 Å². The zero-order valence-electron chi connectivity index (χ0n) is 11.0. The summed E-state index contributed by atoms with van der Waals surface area (Å²) in [5.41, 5.74) is 0.251. The number of nitrogens with zero attached hydrogens (tertiary/aromatic N) is 1. The van der Waals surface area contributed by atoms with E-state index >= 15 is 0 Å². The lowest BCUT2D eigenvalue weighted by Gasteiger charge is -2.35. The van der Waals surface area contributed by atoms with Crippen molar-refractivity contribution in [2.45, 2.75) is 57.0 Å². The fourth-order valence-corrected chi connectivity index (χ4v) is 3.97. The van der Waals surface area contributed by atoms with Crippen LogP contribution in [0, 0.1) is 5.41 Å². The average molecular weight is 268 g/mol. The summed E-state index contributed by atoms with van der Waals surface area (Å²) in [6.07, 6.45) is 8.04. The van der Waals surface area contributed by atoms with Gasteiger partial charge < -0.3 is 10.2 Å². The second-order valence-electron chi connectivity index (χ2n) is 6.46. The highest BCUT2D eigenvalue weighted by Crippen LogP contribution is 2.49. The van der Waals surface area contributed by atoms with Crippen molar-refractivity contribution in [1.29, 1.82) is 0 Å². The van der Waals surface area contributed by atoms with Gasteiger partial charge >= 0.3 is 0 Å². The molecule has 0 radical (unpaired) electrons. The number of carbonyl (C=O) groups is 1. The van der Waals surface area contributed by atoms with Crippen LogP contribution in [0.1, 0.15) is 44.9 Å². The van der Waals surface area contributed by atoms with Crippen molar-refractivity contribution in [2.24, 2.45) is 5.41 Å². The van der Waals surface area contributed by atoms with Crippen molar-refractivity contribution in [1.82, 2.24) is 10.2 Å². The molecule has 1 saturated carbocycles. The highest BCUT2D eigenvalue weighted by Gasteiger charge is 2.43. The lowest BCUT2D eigenvalue weighted by Crippen LogP contribution is -2.47. The zero-order chi connectivity index (χ0) is 12.6. The summed E-state index contributed by atoms with van der Waals surface area (Å²) >= 11 is 4.37. The van der Waals surface area contributed by atoms with Crippen LogP contribution in [-0.4, -0.2) is 41.7 Å². The van der Waals surface area contributed by atoms with Crippen molar-refractivity contribution < 1.29 is 4.79 Å². The van der Waals surface area contributed by atoms with Crippen LogP contribution < -0.4 is 5.32 Å².